The molecular formula is C11H12BrN3O. The fourth-order valence-corrected chi connectivity index (χ4v) is 1.66. The van der Waals surface area contributed by atoms with Gasteiger partial charge in [0.15, 0.2) is 5.82 Å². The maximum Gasteiger partial charge on any atom is 0.170 e. The molecule has 0 unspecified atom stereocenters. The van der Waals surface area contributed by atoms with Gasteiger partial charge in [0.25, 0.3) is 0 Å². The van der Waals surface area contributed by atoms with E-state index in [9.17, 15) is 0 Å². The number of halogens is 1. The molecule has 84 valence electrons. The first-order valence-corrected chi connectivity index (χ1v) is 5.69. The fraction of sp³-hybridized carbons (Fsp3) is 0.273. The minimum Gasteiger partial charge on any atom is -0.486 e. The van der Waals surface area contributed by atoms with Crippen molar-refractivity contribution in [1.82, 2.24) is 14.8 Å². The summed E-state index contributed by atoms with van der Waals surface area (Å²) in [6, 6.07) is 7.72. The Morgan fingerprint density at radius 2 is 2.19 bits per heavy atom. The molecule has 0 aliphatic rings. The van der Waals surface area contributed by atoms with E-state index in [4.69, 9.17) is 4.74 Å². The summed E-state index contributed by atoms with van der Waals surface area (Å²) < 4.78 is 8.53. The number of hydrogen-bond acceptors (Lipinski definition) is 3. The Kier molecular flexibility index (Phi) is 3.24. The van der Waals surface area contributed by atoms with Gasteiger partial charge in [-0.15, -0.1) is 10.2 Å². The molecule has 16 heavy (non-hydrogen) atoms. The van der Waals surface area contributed by atoms with Crippen molar-refractivity contribution in [3.05, 3.63) is 40.4 Å². The summed E-state index contributed by atoms with van der Waals surface area (Å²) in [7, 11) is 1.93. The lowest BCUT2D eigenvalue weighted by Gasteiger charge is -2.05. The Labute approximate surface area is 102 Å². The maximum absolute atomic E-state index is 5.61. The van der Waals surface area contributed by atoms with Crippen LogP contribution in [-0.2, 0) is 13.7 Å². The average Bonchev–Trinajstić information content (AvgIpc) is 2.57. The van der Waals surface area contributed by atoms with Crippen molar-refractivity contribution in [2.75, 3.05) is 0 Å². The molecule has 5 heteroatoms. The molecule has 1 aromatic carbocycles. The molecule has 0 amide bonds. The van der Waals surface area contributed by atoms with Crippen molar-refractivity contribution in [2.45, 2.75) is 13.5 Å². The molecule has 0 atom stereocenters. The molecule has 0 N–H and O–H groups in total. The van der Waals surface area contributed by atoms with E-state index < -0.39 is 0 Å². The predicted molar refractivity (Wildman–Crippen MR) is 64.2 cm³/mol. The number of hydrogen-bond donors (Lipinski definition) is 0. The van der Waals surface area contributed by atoms with Crippen LogP contribution in [0.5, 0.6) is 5.75 Å². The largest absolute Gasteiger partial charge is 0.486 e. The monoisotopic (exact) mass is 281 g/mol. The predicted octanol–water partition coefficient (Wildman–Crippen LogP) is 2.47. The van der Waals surface area contributed by atoms with Crippen molar-refractivity contribution in [3.63, 3.8) is 0 Å². The van der Waals surface area contributed by atoms with Crippen molar-refractivity contribution in [2.24, 2.45) is 7.05 Å². The number of aromatic nitrogens is 3. The lowest BCUT2D eigenvalue weighted by atomic mass is 10.3. The van der Waals surface area contributed by atoms with Crippen LogP contribution >= 0.6 is 15.9 Å². The van der Waals surface area contributed by atoms with Crippen LogP contribution in [0.3, 0.4) is 0 Å². The van der Waals surface area contributed by atoms with Gasteiger partial charge in [0.2, 0.25) is 0 Å². The van der Waals surface area contributed by atoms with Crippen LogP contribution in [0.1, 0.15) is 11.6 Å². The SMILES string of the molecule is Cc1nnc(COc2cccc(Br)c2)n1C. The minimum atomic E-state index is 0.424. The zero-order valence-electron chi connectivity index (χ0n) is 9.14. The normalized spacial score (nSPS) is 10.4. The van der Waals surface area contributed by atoms with E-state index in [-0.39, 0.29) is 0 Å². The summed E-state index contributed by atoms with van der Waals surface area (Å²) in [5.74, 6) is 2.51. The van der Waals surface area contributed by atoms with E-state index in [0.29, 0.717) is 6.61 Å². The van der Waals surface area contributed by atoms with Gasteiger partial charge in [-0.2, -0.15) is 0 Å². The lowest BCUT2D eigenvalue weighted by Crippen LogP contribution is -2.04. The van der Waals surface area contributed by atoms with Crippen LogP contribution in [-0.4, -0.2) is 14.8 Å². The van der Waals surface area contributed by atoms with Crippen LogP contribution in [0, 0.1) is 6.92 Å². The quantitative estimate of drug-likeness (QED) is 0.868. The molecule has 1 heterocycles. The van der Waals surface area contributed by atoms with Gasteiger partial charge in [0.05, 0.1) is 0 Å². The maximum atomic E-state index is 5.61. The molecule has 0 aliphatic heterocycles. The van der Waals surface area contributed by atoms with Crippen molar-refractivity contribution in [3.8, 4) is 5.75 Å². The summed E-state index contributed by atoms with van der Waals surface area (Å²) in [5.41, 5.74) is 0. The van der Waals surface area contributed by atoms with Gasteiger partial charge in [-0.05, 0) is 25.1 Å². The molecule has 2 rings (SSSR count). The second-order valence-electron chi connectivity index (χ2n) is 3.47. The first-order valence-electron chi connectivity index (χ1n) is 4.90. The Bertz CT molecular complexity index is 496. The highest BCUT2D eigenvalue weighted by atomic mass is 79.9. The summed E-state index contributed by atoms with van der Waals surface area (Å²) in [5, 5.41) is 8.00. The van der Waals surface area contributed by atoms with Gasteiger partial charge in [0.1, 0.15) is 18.2 Å². The third-order valence-corrected chi connectivity index (χ3v) is 2.84. The molecule has 4 nitrogen and oxygen atoms in total. The Hall–Kier alpha value is -1.36. The number of nitrogens with zero attached hydrogens (tertiary/aromatic N) is 3. The Balaban J connectivity index is 2.05. The van der Waals surface area contributed by atoms with E-state index in [1.807, 2.05) is 42.8 Å². The number of benzene rings is 1. The fourth-order valence-electron chi connectivity index (χ4n) is 1.28. The van der Waals surface area contributed by atoms with Gasteiger partial charge in [0, 0.05) is 11.5 Å². The van der Waals surface area contributed by atoms with Crippen LogP contribution in [0.15, 0.2) is 28.7 Å². The molecule has 0 bridgehead atoms. The molecule has 0 radical (unpaired) electrons. The molecule has 0 spiro atoms. The molecule has 1 aromatic heterocycles. The summed E-state index contributed by atoms with van der Waals surface area (Å²) in [6.45, 7) is 2.34. The first-order chi connectivity index (χ1) is 7.66. The molecule has 0 aliphatic carbocycles. The van der Waals surface area contributed by atoms with Crippen LogP contribution in [0.4, 0.5) is 0 Å². The summed E-state index contributed by atoms with van der Waals surface area (Å²) in [6.07, 6.45) is 0. The second kappa shape index (κ2) is 4.65. The third-order valence-electron chi connectivity index (χ3n) is 2.35. The zero-order chi connectivity index (χ0) is 11.5. The molecule has 0 saturated heterocycles. The molecule has 0 saturated carbocycles. The van der Waals surface area contributed by atoms with Gasteiger partial charge >= 0.3 is 0 Å². The standard InChI is InChI=1S/C11H12BrN3O/c1-8-13-14-11(15(8)2)7-16-10-5-3-4-9(12)6-10/h3-6H,7H2,1-2H3. The molecule has 0 fully saturated rings. The van der Waals surface area contributed by atoms with Crippen LogP contribution in [0.2, 0.25) is 0 Å². The topological polar surface area (TPSA) is 39.9 Å². The van der Waals surface area contributed by atoms with Crippen LogP contribution < -0.4 is 4.74 Å². The van der Waals surface area contributed by atoms with Crippen molar-refractivity contribution >= 4 is 15.9 Å². The average molecular weight is 282 g/mol. The van der Waals surface area contributed by atoms with Crippen LogP contribution in [0.25, 0.3) is 0 Å². The number of ether oxygens (including phenoxy) is 1. The minimum absolute atomic E-state index is 0.424. The highest BCUT2D eigenvalue weighted by Crippen LogP contribution is 2.18. The van der Waals surface area contributed by atoms with Crippen molar-refractivity contribution < 1.29 is 4.74 Å². The number of aryl methyl sites for hydroxylation is 1. The van der Waals surface area contributed by atoms with Crippen molar-refractivity contribution in [1.29, 1.82) is 0 Å². The molecule has 2 aromatic rings. The van der Waals surface area contributed by atoms with Gasteiger partial charge in [-0.25, -0.2) is 0 Å². The second-order valence-corrected chi connectivity index (χ2v) is 4.38. The van der Waals surface area contributed by atoms with Gasteiger partial charge < -0.3 is 9.30 Å². The highest BCUT2D eigenvalue weighted by molar-refractivity contribution is 9.10. The van der Waals surface area contributed by atoms with Gasteiger partial charge in [-0.3, -0.25) is 0 Å². The Morgan fingerprint density at radius 1 is 1.38 bits per heavy atom. The first kappa shape index (κ1) is 11.1. The zero-order valence-corrected chi connectivity index (χ0v) is 10.7. The summed E-state index contributed by atoms with van der Waals surface area (Å²) in [4.78, 5) is 0. The summed E-state index contributed by atoms with van der Waals surface area (Å²) >= 11 is 3.39. The van der Waals surface area contributed by atoms with E-state index >= 15 is 0 Å². The van der Waals surface area contributed by atoms with E-state index in [2.05, 4.69) is 26.1 Å². The Morgan fingerprint density at radius 3 is 2.81 bits per heavy atom. The van der Waals surface area contributed by atoms with E-state index in [1.54, 1.807) is 0 Å². The van der Waals surface area contributed by atoms with Gasteiger partial charge in [-0.1, -0.05) is 22.0 Å². The highest BCUT2D eigenvalue weighted by Gasteiger charge is 2.05. The molecular weight excluding hydrogens is 270 g/mol. The van der Waals surface area contributed by atoms with E-state index in [0.717, 1.165) is 21.9 Å². The lowest BCUT2D eigenvalue weighted by molar-refractivity contribution is 0.291. The van der Waals surface area contributed by atoms with E-state index in [1.165, 1.54) is 0 Å². The smallest absolute Gasteiger partial charge is 0.170 e. The number of rotatable bonds is 3. The third kappa shape index (κ3) is 2.41.